The zero-order valence-corrected chi connectivity index (χ0v) is 29.5. The number of carbonyl (C=O) groups excluding carboxylic acids is 1. The Kier molecular flexibility index (Phi) is 7.62. The number of aliphatic hydroxyl groups is 2. The minimum absolute atomic E-state index is 0.0116. The average molecular weight is 668 g/mol. The molecule has 0 spiro atoms. The van der Waals surface area contributed by atoms with E-state index in [-0.39, 0.29) is 24.2 Å². The van der Waals surface area contributed by atoms with Crippen LogP contribution in [0.15, 0.2) is 117 Å². The van der Waals surface area contributed by atoms with Gasteiger partial charge in [0.25, 0.3) is 0 Å². The summed E-state index contributed by atoms with van der Waals surface area (Å²) in [6, 6.07) is -0.841. The van der Waals surface area contributed by atoms with E-state index in [1.807, 2.05) is 32.9 Å². The Balaban J connectivity index is 1.48. The van der Waals surface area contributed by atoms with E-state index < -0.39 is 17.0 Å². The molecule has 0 aromatic heterocycles. The van der Waals surface area contributed by atoms with E-state index in [2.05, 4.69) is 51.6 Å². The summed E-state index contributed by atoms with van der Waals surface area (Å²) in [5.41, 5.74) is 16.8. The molecule has 12 heteroatoms. The number of fused-ring (bicyclic) bond motifs is 5. The van der Waals surface area contributed by atoms with Gasteiger partial charge in [-0.25, -0.2) is 15.0 Å². The molecule has 7 aliphatic rings. The molecule has 6 atom stereocenters. The highest BCUT2D eigenvalue weighted by atomic mass is 31.0. The van der Waals surface area contributed by atoms with Crippen LogP contribution in [0.3, 0.4) is 0 Å². The molecular weight excluding hydrogens is 625 g/mol. The molecule has 7 rings (SSSR count). The largest absolute Gasteiger partial charge is 0.511 e. The fourth-order valence-corrected chi connectivity index (χ4v) is 8.43. The van der Waals surface area contributed by atoms with Crippen molar-refractivity contribution in [1.82, 2.24) is 5.32 Å². The standard InChI is InChI=1S/C36H42N7O4P/c1-8-19-15(2)22-14-27-31(35(6)34(37)36(46,48)43-42-35)18(5)25(39-27)12-23-16(3)20(9-10-29(45)47-7)32(40-23)21-11-28(44)30-17(4)24(41-33(21)30)13-26(19)38-22/h12-14,16,20,34,40,44,46H,8-11,37,48H2,1-7H3/t16?,20?,34-,35+,36+/m0/s1. The van der Waals surface area contributed by atoms with E-state index >= 15 is 0 Å². The fraction of sp³-hybridized carbons (Fsp3) is 0.444. The van der Waals surface area contributed by atoms with Crippen molar-refractivity contribution < 1.29 is 19.7 Å². The predicted molar refractivity (Wildman–Crippen MR) is 189 cm³/mol. The zero-order valence-electron chi connectivity index (χ0n) is 28.4. The smallest absolute Gasteiger partial charge is 0.305 e. The molecule has 6 aliphatic heterocycles. The number of nitrogens with one attached hydrogen (secondary N) is 1. The second-order valence-corrected chi connectivity index (χ2v) is 14.6. The maximum Gasteiger partial charge on any atom is 0.305 e. The maximum absolute atomic E-state index is 12.3. The van der Waals surface area contributed by atoms with Gasteiger partial charge in [-0.1, -0.05) is 23.1 Å². The third-order valence-electron chi connectivity index (χ3n) is 10.9. The molecule has 1 saturated heterocycles. The van der Waals surface area contributed by atoms with E-state index in [9.17, 15) is 15.0 Å². The molecule has 48 heavy (non-hydrogen) atoms. The average Bonchev–Trinajstić information content (AvgIpc) is 3.83. The van der Waals surface area contributed by atoms with Crippen molar-refractivity contribution in [2.75, 3.05) is 7.11 Å². The molecule has 5 N–H and O–H groups in total. The molecule has 0 aromatic rings. The normalized spacial score (nSPS) is 32.2. The predicted octanol–water partition coefficient (Wildman–Crippen LogP) is 5.68. The number of ether oxygens (including phenoxy) is 1. The van der Waals surface area contributed by atoms with Crippen LogP contribution in [0.2, 0.25) is 0 Å². The first-order valence-electron chi connectivity index (χ1n) is 16.5. The maximum atomic E-state index is 12.3. The number of aliphatic hydroxyl groups excluding tert-OH is 1. The van der Waals surface area contributed by atoms with Crippen LogP contribution in [-0.4, -0.2) is 57.5 Å². The molecule has 6 heterocycles. The minimum Gasteiger partial charge on any atom is -0.511 e. The molecule has 250 valence electrons. The lowest BCUT2D eigenvalue weighted by Crippen LogP contribution is -2.52. The van der Waals surface area contributed by atoms with Crippen LogP contribution in [0.4, 0.5) is 0 Å². The number of azo groups is 1. The Morgan fingerprint density at radius 1 is 1.08 bits per heavy atom. The van der Waals surface area contributed by atoms with Gasteiger partial charge in [0.05, 0.1) is 47.4 Å². The van der Waals surface area contributed by atoms with Gasteiger partial charge in [0, 0.05) is 52.8 Å². The number of nitrogens with two attached hydrogens (primary N) is 1. The van der Waals surface area contributed by atoms with Gasteiger partial charge in [0.15, 0.2) is 0 Å². The molecule has 3 unspecified atom stereocenters. The van der Waals surface area contributed by atoms with Crippen molar-refractivity contribution in [2.24, 2.45) is 42.8 Å². The Bertz CT molecular complexity index is 1980. The SMILES string of the molecule is CCC1=C(C)C2=NC1=CC1=C(C)C3=C(O)CC(=C4NC(=CC5=NC(=C2)C([C@@]2(C)N=N[C@](O)(P)[C@H]2N)=C5C)C(C)C4CCC(=O)OC)C3=N1. The molecule has 8 bridgehead atoms. The van der Waals surface area contributed by atoms with Gasteiger partial charge in [-0.05, 0) is 81.1 Å². The molecule has 0 radical (unpaired) electrons. The summed E-state index contributed by atoms with van der Waals surface area (Å²) in [5.74, 6) is -0.0444. The van der Waals surface area contributed by atoms with Crippen molar-refractivity contribution in [3.05, 3.63) is 91.5 Å². The van der Waals surface area contributed by atoms with Gasteiger partial charge in [-0.3, -0.25) is 4.79 Å². The van der Waals surface area contributed by atoms with Gasteiger partial charge in [-0.2, -0.15) is 10.2 Å². The van der Waals surface area contributed by atoms with Crippen LogP contribution in [0.1, 0.15) is 67.2 Å². The molecule has 1 fully saturated rings. The quantitative estimate of drug-likeness (QED) is 0.217. The van der Waals surface area contributed by atoms with Crippen LogP contribution < -0.4 is 11.1 Å². The van der Waals surface area contributed by atoms with E-state index in [1.165, 1.54) is 7.11 Å². The Hall–Kier alpha value is -4.05. The van der Waals surface area contributed by atoms with Crippen molar-refractivity contribution >= 4 is 32.3 Å². The molecule has 1 aliphatic carbocycles. The number of aliphatic imine (C=N–C) groups is 3. The molecule has 0 saturated carbocycles. The highest BCUT2D eigenvalue weighted by molar-refractivity contribution is 7.18. The van der Waals surface area contributed by atoms with Gasteiger partial charge in [0.2, 0.25) is 5.47 Å². The van der Waals surface area contributed by atoms with E-state index in [0.717, 1.165) is 85.4 Å². The summed E-state index contributed by atoms with van der Waals surface area (Å²) in [7, 11) is 3.73. The van der Waals surface area contributed by atoms with Gasteiger partial charge < -0.3 is 26.0 Å². The summed E-state index contributed by atoms with van der Waals surface area (Å²) in [4.78, 5) is 27.7. The van der Waals surface area contributed by atoms with Crippen molar-refractivity contribution in [2.45, 2.75) is 84.3 Å². The van der Waals surface area contributed by atoms with Crippen LogP contribution in [0.5, 0.6) is 0 Å². The number of carbonyl (C=O) groups is 1. The fourth-order valence-electron chi connectivity index (χ4n) is 8.05. The lowest BCUT2D eigenvalue weighted by atomic mass is 9.80. The van der Waals surface area contributed by atoms with Crippen LogP contribution in [-0.2, 0) is 9.53 Å². The molecule has 11 nitrogen and oxygen atoms in total. The number of allylic oxidation sites excluding steroid dienone is 11. The van der Waals surface area contributed by atoms with Gasteiger partial charge >= 0.3 is 5.97 Å². The summed E-state index contributed by atoms with van der Waals surface area (Å²) < 4.78 is 5.00. The summed E-state index contributed by atoms with van der Waals surface area (Å²) in [6.07, 6.45) is 7.97. The second kappa shape index (κ2) is 11.3. The Morgan fingerprint density at radius 3 is 2.46 bits per heavy atom. The summed E-state index contributed by atoms with van der Waals surface area (Å²) >= 11 is 0. The summed E-state index contributed by atoms with van der Waals surface area (Å²) in [5, 5.41) is 34.7. The lowest BCUT2D eigenvalue weighted by molar-refractivity contribution is -0.140. The van der Waals surface area contributed by atoms with Crippen LogP contribution in [0, 0.1) is 11.8 Å². The monoisotopic (exact) mass is 667 g/mol. The third-order valence-corrected chi connectivity index (χ3v) is 11.4. The van der Waals surface area contributed by atoms with Crippen molar-refractivity contribution in [1.29, 1.82) is 0 Å². The Labute approximate surface area is 282 Å². The first kappa shape index (κ1) is 32.5. The number of methoxy groups -OCH3 is 1. The number of rotatable bonds is 5. The molecule has 0 aromatic carbocycles. The van der Waals surface area contributed by atoms with Crippen LogP contribution in [0.25, 0.3) is 0 Å². The molecular formula is C36H42N7O4P. The second-order valence-electron chi connectivity index (χ2n) is 13.7. The van der Waals surface area contributed by atoms with E-state index in [1.54, 1.807) is 0 Å². The van der Waals surface area contributed by atoms with Crippen molar-refractivity contribution in [3.63, 3.8) is 0 Å². The highest BCUT2D eigenvalue weighted by Gasteiger charge is 2.54. The number of esters is 1. The minimum atomic E-state index is -1.61. The zero-order chi connectivity index (χ0) is 34.4. The van der Waals surface area contributed by atoms with E-state index in [0.29, 0.717) is 24.3 Å². The first-order valence-corrected chi connectivity index (χ1v) is 17.0. The Morgan fingerprint density at radius 2 is 1.79 bits per heavy atom. The first-order chi connectivity index (χ1) is 22.7. The number of nitrogens with zero attached hydrogens (tertiary/aromatic N) is 5. The van der Waals surface area contributed by atoms with Crippen LogP contribution >= 0.6 is 9.24 Å². The lowest BCUT2D eigenvalue weighted by Gasteiger charge is -2.31. The van der Waals surface area contributed by atoms with Gasteiger partial charge in [0.1, 0.15) is 11.3 Å². The topological polar surface area (TPSA) is 167 Å². The number of hydrogen-bond donors (Lipinski definition) is 4. The van der Waals surface area contributed by atoms with Gasteiger partial charge in [-0.15, -0.1) is 0 Å². The highest BCUT2D eigenvalue weighted by Crippen LogP contribution is 2.49. The summed E-state index contributed by atoms with van der Waals surface area (Å²) in [6.45, 7) is 12.2. The third kappa shape index (κ3) is 4.73. The number of hydrogen-bond acceptors (Lipinski definition) is 11. The van der Waals surface area contributed by atoms with Crippen molar-refractivity contribution in [3.8, 4) is 0 Å². The molecule has 0 amide bonds. The van der Waals surface area contributed by atoms with E-state index in [4.69, 9.17) is 25.4 Å².